The zero-order valence-corrected chi connectivity index (χ0v) is 14.1. The van der Waals surface area contributed by atoms with Crippen molar-refractivity contribution in [2.45, 2.75) is 25.3 Å². The van der Waals surface area contributed by atoms with Crippen molar-refractivity contribution in [3.8, 4) is 0 Å². The third kappa shape index (κ3) is 2.53. The summed E-state index contributed by atoms with van der Waals surface area (Å²) in [7, 11) is -3.84. The number of aliphatic carboxylic acids is 1. The summed E-state index contributed by atoms with van der Waals surface area (Å²) in [5.41, 5.74) is 0.726. The van der Waals surface area contributed by atoms with Gasteiger partial charge in [0.05, 0.1) is 16.3 Å². The lowest BCUT2D eigenvalue weighted by molar-refractivity contribution is -0.142. The predicted octanol–water partition coefficient (Wildman–Crippen LogP) is 0.956. The Labute approximate surface area is 138 Å². The topological polar surface area (TPSA) is 110 Å². The maximum Gasteiger partial charge on any atom is 0.419 e. The highest BCUT2D eigenvalue weighted by molar-refractivity contribution is 7.89. The number of oxazole rings is 1. The summed E-state index contributed by atoms with van der Waals surface area (Å²) in [6, 6.07) is 4.26. The molecule has 1 aliphatic rings. The van der Waals surface area contributed by atoms with Crippen LogP contribution >= 0.6 is 0 Å². The third-order valence-electron chi connectivity index (χ3n) is 4.49. The van der Waals surface area contributed by atoms with Crippen molar-refractivity contribution < 1.29 is 22.7 Å². The molecular weight excluding hydrogens is 336 g/mol. The van der Waals surface area contributed by atoms with E-state index in [2.05, 4.69) is 0 Å². The van der Waals surface area contributed by atoms with E-state index < -0.39 is 27.7 Å². The van der Waals surface area contributed by atoms with Gasteiger partial charge in [-0.15, -0.1) is 0 Å². The first-order chi connectivity index (χ1) is 11.3. The highest BCUT2D eigenvalue weighted by Crippen LogP contribution is 2.29. The van der Waals surface area contributed by atoms with E-state index in [9.17, 15) is 18.0 Å². The number of fused-ring (bicyclic) bond motifs is 1. The molecule has 1 N–H and O–H groups in total. The average molecular weight is 354 g/mol. The first-order valence-electron chi connectivity index (χ1n) is 7.62. The Bertz CT molecular complexity index is 958. The maximum atomic E-state index is 12.8. The summed E-state index contributed by atoms with van der Waals surface area (Å²) in [6.07, 6.45) is 0. The fourth-order valence-corrected chi connectivity index (χ4v) is 4.68. The van der Waals surface area contributed by atoms with Gasteiger partial charge in [0.15, 0.2) is 5.58 Å². The molecule has 1 aliphatic heterocycles. The van der Waals surface area contributed by atoms with Gasteiger partial charge < -0.3 is 9.52 Å². The molecule has 0 amide bonds. The molecule has 24 heavy (non-hydrogen) atoms. The first kappa shape index (κ1) is 16.7. The van der Waals surface area contributed by atoms with Crippen molar-refractivity contribution in [1.29, 1.82) is 0 Å². The Morgan fingerprint density at radius 3 is 2.67 bits per heavy atom. The molecule has 1 fully saturated rings. The third-order valence-corrected chi connectivity index (χ3v) is 6.32. The molecule has 2 heterocycles. The molecule has 0 spiro atoms. The maximum absolute atomic E-state index is 12.8. The number of aromatic nitrogens is 1. The summed E-state index contributed by atoms with van der Waals surface area (Å²) < 4.78 is 33.2. The quantitative estimate of drug-likeness (QED) is 0.875. The van der Waals surface area contributed by atoms with E-state index >= 15 is 0 Å². The fraction of sp³-hybridized carbons (Fsp3) is 0.467. The number of aryl methyl sites for hydroxylation is 1. The Morgan fingerprint density at radius 2 is 2.08 bits per heavy atom. The molecule has 2 atom stereocenters. The molecule has 8 nitrogen and oxygen atoms in total. The van der Waals surface area contributed by atoms with Crippen molar-refractivity contribution in [3.05, 3.63) is 28.7 Å². The SMILES string of the molecule is CCn1c(=O)oc2cc(S(=O)(=O)N3C[C@@H](C)[C@H](C(=O)O)C3)ccc21. The molecule has 3 rings (SSSR count). The number of sulfonamides is 1. The van der Waals surface area contributed by atoms with Gasteiger partial charge in [0, 0.05) is 25.7 Å². The van der Waals surface area contributed by atoms with Crippen LogP contribution in [0.3, 0.4) is 0 Å². The standard InChI is InChI=1S/C15H18N2O6S/c1-3-17-12-5-4-10(6-13(12)23-15(17)20)24(21,22)16-7-9(2)11(8-16)14(18)19/h4-6,9,11H,3,7-8H2,1-2H3,(H,18,19)/t9-,11-/m1/s1. The number of benzene rings is 1. The van der Waals surface area contributed by atoms with Crippen molar-refractivity contribution >= 4 is 27.1 Å². The van der Waals surface area contributed by atoms with Crippen LogP contribution < -0.4 is 5.76 Å². The molecule has 1 aromatic carbocycles. The van der Waals surface area contributed by atoms with Gasteiger partial charge in [0.2, 0.25) is 10.0 Å². The Hall–Kier alpha value is -2.13. The minimum absolute atomic E-state index is 0.00904. The van der Waals surface area contributed by atoms with Crippen LogP contribution in [0.25, 0.3) is 11.1 Å². The van der Waals surface area contributed by atoms with Crippen LogP contribution in [0.5, 0.6) is 0 Å². The Balaban J connectivity index is 2.00. The van der Waals surface area contributed by atoms with Crippen molar-refractivity contribution in [3.63, 3.8) is 0 Å². The van der Waals surface area contributed by atoms with Gasteiger partial charge in [0.1, 0.15) is 0 Å². The van der Waals surface area contributed by atoms with Gasteiger partial charge in [-0.3, -0.25) is 9.36 Å². The largest absolute Gasteiger partial charge is 0.481 e. The summed E-state index contributed by atoms with van der Waals surface area (Å²) in [4.78, 5) is 22.9. The molecule has 1 saturated heterocycles. The van der Waals surface area contributed by atoms with Crippen LogP contribution in [-0.2, 0) is 21.4 Å². The van der Waals surface area contributed by atoms with E-state index in [1.807, 2.05) is 0 Å². The smallest absolute Gasteiger partial charge is 0.419 e. The molecule has 0 aliphatic carbocycles. The second-order valence-electron chi connectivity index (χ2n) is 5.99. The van der Waals surface area contributed by atoms with Crippen LogP contribution in [0.4, 0.5) is 0 Å². The fourth-order valence-electron chi connectivity index (χ4n) is 3.10. The van der Waals surface area contributed by atoms with E-state index in [0.717, 1.165) is 0 Å². The molecule has 0 saturated carbocycles. The van der Waals surface area contributed by atoms with Crippen molar-refractivity contribution in [1.82, 2.24) is 8.87 Å². The Kier molecular flexibility index (Phi) is 4.00. The predicted molar refractivity (Wildman–Crippen MR) is 85.2 cm³/mol. The van der Waals surface area contributed by atoms with E-state index in [4.69, 9.17) is 9.52 Å². The molecule has 9 heteroatoms. The van der Waals surface area contributed by atoms with Crippen molar-refractivity contribution in [2.24, 2.45) is 11.8 Å². The molecule has 0 bridgehead atoms. The normalized spacial score (nSPS) is 22.2. The highest BCUT2D eigenvalue weighted by Gasteiger charge is 2.40. The summed E-state index contributed by atoms with van der Waals surface area (Å²) in [5.74, 6) is -2.52. The number of carbonyl (C=O) groups is 1. The molecule has 0 radical (unpaired) electrons. The molecule has 2 aromatic rings. The van der Waals surface area contributed by atoms with Gasteiger partial charge in [-0.05, 0) is 25.0 Å². The summed E-state index contributed by atoms with van der Waals surface area (Å²) >= 11 is 0. The zero-order chi connectivity index (χ0) is 17.6. The highest BCUT2D eigenvalue weighted by atomic mass is 32.2. The van der Waals surface area contributed by atoms with Crippen molar-refractivity contribution in [2.75, 3.05) is 13.1 Å². The van der Waals surface area contributed by atoms with Gasteiger partial charge in [-0.25, -0.2) is 13.2 Å². The summed E-state index contributed by atoms with van der Waals surface area (Å²) in [6.45, 7) is 4.02. The van der Waals surface area contributed by atoms with E-state index in [1.54, 1.807) is 13.8 Å². The minimum Gasteiger partial charge on any atom is -0.481 e. The van der Waals surface area contributed by atoms with Gasteiger partial charge in [0.25, 0.3) is 0 Å². The van der Waals surface area contributed by atoms with Crippen LogP contribution in [0.1, 0.15) is 13.8 Å². The monoisotopic (exact) mass is 354 g/mol. The Morgan fingerprint density at radius 1 is 1.38 bits per heavy atom. The molecule has 1 aromatic heterocycles. The van der Waals surface area contributed by atoms with E-state index in [-0.39, 0.29) is 29.5 Å². The van der Waals surface area contributed by atoms with Gasteiger partial charge >= 0.3 is 11.7 Å². The number of carboxylic acid groups (broad SMARTS) is 1. The molecular formula is C15H18N2O6S. The summed E-state index contributed by atoms with van der Waals surface area (Å²) in [5, 5.41) is 9.17. The van der Waals surface area contributed by atoms with Crippen LogP contribution in [-0.4, -0.2) is 41.5 Å². The lowest BCUT2D eigenvalue weighted by atomic mass is 9.99. The van der Waals surface area contributed by atoms with Crippen LogP contribution in [0, 0.1) is 11.8 Å². The molecule has 0 unspecified atom stereocenters. The minimum atomic E-state index is -3.84. The van der Waals surface area contributed by atoms with E-state index in [1.165, 1.54) is 27.1 Å². The lowest BCUT2D eigenvalue weighted by Crippen LogP contribution is -2.30. The number of nitrogens with zero attached hydrogens (tertiary/aromatic N) is 2. The van der Waals surface area contributed by atoms with Crippen LogP contribution in [0.15, 0.2) is 32.3 Å². The number of hydrogen-bond acceptors (Lipinski definition) is 5. The second kappa shape index (κ2) is 5.75. The second-order valence-corrected chi connectivity index (χ2v) is 7.92. The zero-order valence-electron chi connectivity index (χ0n) is 13.3. The average Bonchev–Trinajstić information content (AvgIpc) is 3.06. The van der Waals surface area contributed by atoms with Gasteiger partial charge in [-0.1, -0.05) is 6.92 Å². The molecule has 130 valence electrons. The number of hydrogen-bond donors (Lipinski definition) is 1. The van der Waals surface area contributed by atoms with E-state index in [0.29, 0.717) is 12.1 Å². The lowest BCUT2D eigenvalue weighted by Gasteiger charge is -2.16. The number of carboxylic acids is 1. The first-order valence-corrected chi connectivity index (χ1v) is 9.06. The number of rotatable bonds is 4. The van der Waals surface area contributed by atoms with Crippen LogP contribution in [0.2, 0.25) is 0 Å². The van der Waals surface area contributed by atoms with Gasteiger partial charge in [-0.2, -0.15) is 4.31 Å².